The fourth-order valence-corrected chi connectivity index (χ4v) is 2.76. The highest BCUT2D eigenvalue weighted by Gasteiger charge is 2.14. The Kier molecular flexibility index (Phi) is 4.33. The quantitative estimate of drug-likeness (QED) is 0.467. The molecule has 2 aromatic heterocycles. The van der Waals surface area contributed by atoms with Crippen LogP contribution in [0.3, 0.4) is 0 Å². The van der Waals surface area contributed by atoms with Gasteiger partial charge in [0, 0.05) is 11.8 Å². The van der Waals surface area contributed by atoms with E-state index in [1.807, 2.05) is 53.1 Å². The molecule has 4 aromatic rings. The number of aromatic nitrogens is 2. The Morgan fingerprint density at radius 3 is 2.63 bits per heavy atom. The number of methoxy groups -OCH3 is 1. The number of hydrogen-bond donors (Lipinski definition) is 0. The van der Waals surface area contributed by atoms with Crippen molar-refractivity contribution in [3.8, 4) is 23.1 Å². The Balaban J connectivity index is 1.82. The molecule has 0 spiro atoms. The standard InChI is InChI=1S/C21H15N5O/c1-27-18-10-8-16(9-11-18)20-21(26-12-3-2-7-19(26)23-20)25-24-17-6-4-5-15(13-17)14-22/h2-13H,1H3. The predicted octanol–water partition coefficient (Wildman–Crippen LogP) is 5.30. The SMILES string of the molecule is COc1ccc(-c2nc3ccccn3c2N=Nc2cccc(C#N)c2)cc1. The molecule has 0 fully saturated rings. The van der Waals surface area contributed by atoms with Crippen LogP contribution in [0.2, 0.25) is 0 Å². The zero-order valence-corrected chi connectivity index (χ0v) is 14.6. The summed E-state index contributed by atoms with van der Waals surface area (Å²) in [6.45, 7) is 0. The molecule has 0 aliphatic carbocycles. The second kappa shape index (κ2) is 7.10. The lowest BCUT2D eigenvalue weighted by Crippen LogP contribution is -1.83. The zero-order chi connectivity index (χ0) is 18.6. The van der Waals surface area contributed by atoms with Crippen LogP contribution < -0.4 is 4.74 Å². The van der Waals surface area contributed by atoms with E-state index in [0.29, 0.717) is 17.1 Å². The van der Waals surface area contributed by atoms with Crippen LogP contribution in [0.15, 0.2) is 83.2 Å². The molecule has 0 amide bonds. The van der Waals surface area contributed by atoms with E-state index in [2.05, 4.69) is 16.3 Å². The molecule has 0 saturated carbocycles. The maximum atomic E-state index is 9.04. The second-order valence-corrected chi connectivity index (χ2v) is 5.80. The van der Waals surface area contributed by atoms with E-state index in [1.54, 1.807) is 31.4 Å². The van der Waals surface area contributed by atoms with Gasteiger partial charge in [-0.05, 0) is 54.6 Å². The largest absolute Gasteiger partial charge is 0.497 e. The van der Waals surface area contributed by atoms with Gasteiger partial charge in [-0.1, -0.05) is 12.1 Å². The minimum absolute atomic E-state index is 0.542. The Morgan fingerprint density at radius 2 is 1.85 bits per heavy atom. The summed E-state index contributed by atoms with van der Waals surface area (Å²) >= 11 is 0. The first kappa shape index (κ1) is 16.5. The van der Waals surface area contributed by atoms with Crippen molar-refractivity contribution in [2.24, 2.45) is 10.2 Å². The third kappa shape index (κ3) is 3.26. The van der Waals surface area contributed by atoms with Gasteiger partial charge >= 0.3 is 0 Å². The van der Waals surface area contributed by atoms with Crippen molar-refractivity contribution in [1.29, 1.82) is 5.26 Å². The summed E-state index contributed by atoms with van der Waals surface area (Å²) in [5.74, 6) is 1.40. The fourth-order valence-electron chi connectivity index (χ4n) is 2.76. The summed E-state index contributed by atoms with van der Waals surface area (Å²) in [7, 11) is 1.63. The molecule has 130 valence electrons. The summed E-state index contributed by atoms with van der Waals surface area (Å²) in [4.78, 5) is 4.70. The third-order valence-corrected chi connectivity index (χ3v) is 4.10. The van der Waals surface area contributed by atoms with Gasteiger partial charge in [0.05, 0.1) is 24.4 Å². The summed E-state index contributed by atoms with van der Waals surface area (Å²) in [5, 5.41) is 17.8. The van der Waals surface area contributed by atoms with Crippen molar-refractivity contribution in [2.75, 3.05) is 7.11 Å². The fraction of sp³-hybridized carbons (Fsp3) is 0.0476. The highest BCUT2D eigenvalue weighted by Crippen LogP contribution is 2.33. The van der Waals surface area contributed by atoms with Gasteiger partial charge in [0.15, 0.2) is 5.82 Å². The third-order valence-electron chi connectivity index (χ3n) is 4.10. The number of fused-ring (bicyclic) bond motifs is 1. The zero-order valence-electron chi connectivity index (χ0n) is 14.6. The number of ether oxygens (including phenoxy) is 1. The number of nitriles is 1. The summed E-state index contributed by atoms with van der Waals surface area (Å²) in [5.41, 5.74) is 3.58. The molecule has 0 aliphatic heterocycles. The van der Waals surface area contributed by atoms with Gasteiger partial charge in [0.25, 0.3) is 0 Å². The first-order valence-electron chi connectivity index (χ1n) is 8.32. The number of hydrogen-bond acceptors (Lipinski definition) is 5. The lowest BCUT2D eigenvalue weighted by Gasteiger charge is -2.02. The minimum Gasteiger partial charge on any atom is -0.497 e. The molecule has 6 heteroatoms. The lowest BCUT2D eigenvalue weighted by atomic mass is 10.1. The molecule has 0 N–H and O–H groups in total. The van der Waals surface area contributed by atoms with Crippen LogP contribution in [0, 0.1) is 11.3 Å². The minimum atomic E-state index is 0.542. The number of imidazole rings is 1. The van der Waals surface area contributed by atoms with Crippen molar-refractivity contribution < 1.29 is 4.74 Å². The van der Waals surface area contributed by atoms with Crippen LogP contribution in [-0.2, 0) is 0 Å². The van der Waals surface area contributed by atoms with E-state index < -0.39 is 0 Å². The van der Waals surface area contributed by atoms with Crippen molar-refractivity contribution in [3.63, 3.8) is 0 Å². The molecule has 2 heterocycles. The Hall–Kier alpha value is -3.98. The van der Waals surface area contributed by atoms with Crippen molar-refractivity contribution in [1.82, 2.24) is 9.38 Å². The van der Waals surface area contributed by atoms with Gasteiger partial charge in [-0.3, -0.25) is 4.40 Å². The van der Waals surface area contributed by atoms with Gasteiger partial charge in [-0.15, -0.1) is 10.2 Å². The van der Waals surface area contributed by atoms with Crippen molar-refractivity contribution >= 4 is 17.2 Å². The van der Waals surface area contributed by atoms with E-state index in [9.17, 15) is 0 Å². The molecule has 0 atom stereocenters. The van der Waals surface area contributed by atoms with E-state index in [-0.39, 0.29) is 0 Å². The molecular formula is C21H15N5O. The maximum absolute atomic E-state index is 9.04. The maximum Gasteiger partial charge on any atom is 0.187 e. The van der Waals surface area contributed by atoms with Crippen LogP contribution >= 0.6 is 0 Å². The topological polar surface area (TPSA) is 75.0 Å². The first-order chi connectivity index (χ1) is 13.3. The van der Waals surface area contributed by atoms with E-state index in [1.165, 1.54) is 0 Å². The van der Waals surface area contributed by atoms with Crippen LogP contribution in [0.25, 0.3) is 16.9 Å². The van der Waals surface area contributed by atoms with Crippen LogP contribution in [0.5, 0.6) is 5.75 Å². The number of benzene rings is 2. The number of nitrogens with zero attached hydrogens (tertiary/aromatic N) is 5. The van der Waals surface area contributed by atoms with Gasteiger partial charge < -0.3 is 4.74 Å². The normalized spacial score (nSPS) is 11.0. The second-order valence-electron chi connectivity index (χ2n) is 5.80. The molecule has 0 bridgehead atoms. The smallest absolute Gasteiger partial charge is 0.187 e. The van der Waals surface area contributed by atoms with Gasteiger partial charge in [-0.2, -0.15) is 5.26 Å². The van der Waals surface area contributed by atoms with E-state index >= 15 is 0 Å². The molecule has 4 rings (SSSR count). The summed E-state index contributed by atoms with van der Waals surface area (Å²) < 4.78 is 7.11. The molecule has 0 radical (unpaired) electrons. The van der Waals surface area contributed by atoms with E-state index in [4.69, 9.17) is 15.0 Å². The first-order valence-corrected chi connectivity index (χ1v) is 8.32. The number of rotatable bonds is 4. The summed E-state index contributed by atoms with van der Waals surface area (Å²) in [6, 6.07) is 22.5. The van der Waals surface area contributed by atoms with E-state index in [0.717, 1.165) is 22.7 Å². The Morgan fingerprint density at radius 1 is 1.00 bits per heavy atom. The number of azo groups is 1. The molecule has 0 unspecified atom stereocenters. The molecule has 27 heavy (non-hydrogen) atoms. The highest BCUT2D eigenvalue weighted by molar-refractivity contribution is 5.74. The molecule has 0 aliphatic rings. The monoisotopic (exact) mass is 353 g/mol. The average Bonchev–Trinajstić information content (AvgIpc) is 3.11. The van der Waals surface area contributed by atoms with Gasteiger partial charge in [-0.25, -0.2) is 4.98 Å². The van der Waals surface area contributed by atoms with Crippen molar-refractivity contribution in [2.45, 2.75) is 0 Å². The molecular weight excluding hydrogens is 338 g/mol. The lowest BCUT2D eigenvalue weighted by molar-refractivity contribution is 0.415. The Bertz CT molecular complexity index is 1170. The van der Waals surface area contributed by atoms with Crippen LogP contribution in [0.1, 0.15) is 5.56 Å². The molecule has 0 saturated heterocycles. The predicted molar refractivity (Wildman–Crippen MR) is 103 cm³/mol. The molecule has 6 nitrogen and oxygen atoms in total. The van der Waals surface area contributed by atoms with Gasteiger partial charge in [0.2, 0.25) is 0 Å². The average molecular weight is 353 g/mol. The highest BCUT2D eigenvalue weighted by atomic mass is 16.5. The van der Waals surface area contributed by atoms with Crippen LogP contribution in [0.4, 0.5) is 11.5 Å². The summed E-state index contributed by atoms with van der Waals surface area (Å²) in [6.07, 6.45) is 1.90. The Labute approximate surface area is 156 Å². The molecule has 2 aromatic carbocycles. The van der Waals surface area contributed by atoms with Gasteiger partial charge in [0.1, 0.15) is 17.1 Å². The number of pyridine rings is 1. The van der Waals surface area contributed by atoms with Crippen LogP contribution in [-0.4, -0.2) is 16.5 Å². The van der Waals surface area contributed by atoms with Crippen molar-refractivity contribution in [3.05, 3.63) is 78.5 Å².